The molecule has 0 aromatic heterocycles. The van der Waals surface area contributed by atoms with Crippen molar-refractivity contribution in [1.82, 2.24) is 10.2 Å². The minimum atomic E-state index is -1.56. The summed E-state index contributed by atoms with van der Waals surface area (Å²) in [6.07, 6.45) is 0.431. The molecule has 0 fully saturated rings. The first-order valence-electron chi connectivity index (χ1n) is 6.71. The molecule has 1 atom stereocenters. The molecule has 0 spiro atoms. The normalized spacial score (nSPS) is 16.3. The molecule has 120 valence electrons. The molecular weight excluding hydrogens is 301 g/mol. The number of rotatable bonds is 4. The lowest BCUT2D eigenvalue weighted by Gasteiger charge is -2.21. The molecule has 1 aromatic carbocycles. The molecule has 22 heavy (non-hydrogen) atoms. The number of nitrogens with one attached hydrogen (secondary N) is 1. The Bertz CT molecular complexity index is 622. The van der Waals surface area contributed by atoms with E-state index in [2.05, 4.69) is 5.32 Å². The lowest BCUT2D eigenvalue weighted by atomic mass is 10.1. The number of carboxylic acid groups (broad SMARTS) is 1. The third-order valence-electron chi connectivity index (χ3n) is 3.64. The van der Waals surface area contributed by atoms with E-state index in [1.54, 1.807) is 0 Å². The van der Waals surface area contributed by atoms with Crippen LogP contribution < -0.4 is 5.32 Å². The van der Waals surface area contributed by atoms with Gasteiger partial charge in [0.05, 0.1) is 12.5 Å². The first-order valence-corrected chi connectivity index (χ1v) is 6.71. The highest BCUT2D eigenvalue weighted by Crippen LogP contribution is 2.35. The van der Waals surface area contributed by atoms with E-state index in [-0.39, 0.29) is 18.5 Å². The number of hydrogen-bond donors (Lipinski definition) is 2. The molecule has 5 nitrogen and oxygen atoms in total. The van der Waals surface area contributed by atoms with Gasteiger partial charge in [-0.1, -0.05) is 0 Å². The summed E-state index contributed by atoms with van der Waals surface area (Å²) >= 11 is 0. The van der Waals surface area contributed by atoms with Crippen LogP contribution in [0.1, 0.15) is 30.0 Å². The fourth-order valence-electron chi connectivity index (χ4n) is 2.45. The summed E-state index contributed by atoms with van der Waals surface area (Å²) in [4.78, 5) is 23.5. The molecule has 8 heteroatoms. The van der Waals surface area contributed by atoms with Gasteiger partial charge < -0.3 is 15.3 Å². The molecule has 2 amide bonds. The fourth-order valence-corrected chi connectivity index (χ4v) is 2.45. The van der Waals surface area contributed by atoms with Gasteiger partial charge in [-0.25, -0.2) is 18.0 Å². The van der Waals surface area contributed by atoms with Gasteiger partial charge in [0.25, 0.3) is 0 Å². The Labute approximate surface area is 124 Å². The lowest BCUT2D eigenvalue weighted by molar-refractivity contribution is -0.137. The SMILES string of the molecule is CN(CCC(=O)O)C(=O)NC1CCc2cc(F)c(F)c(F)c21. The van der Waals surface area contributed by atoms with E-state index < -0.39 is 35.5 Å². The summed E-state index contributed by atoms with van der Waals surface area (Å²) in [5, 5.41) is 11.1. The molecule has 1 aliphatic carbocycles. The van der Waals surface area contributed by atoms with Crippen molar-refractivity contribution in [2.75, 3.05) is 13.6 Å². The summed E-state index contributed by atoms with van der Waals surface area (Å²) in [6.45, 7) is -0.0129. The summed E-state index contributed by atoms with van der Waals surface area (Å²) in [5.74, 6) is -5.14. The maximum absolute atomic E-state index is 13.9. The summed E-state index contributed by atoms with van der Waals surface area (Å²) < 4.78 is 40.4. The van der Waals surface area contributed by atoms with Crippen molar-refractivity contribution < 1.29 is 27.9 Å². The van der Waals surface area contributed by atoms with Crippen molar-refractivity contribution in [2.24, 2.45) is 0 Å². The van der Waals surface area contributed by atoms with Crippen LogP contribution in [0.2, 0.25) is 0 Å². The molecule has 1 aromatic rings. The van der Waals surface area contributed by atoms with Crippen LogP contribution >= 0.6 is 0 Å². The quantitative estimate of drug-likeness (QED) is 0.837. The Morgan fingerprint density at radius 1 is 1.36 bits per heavy atom. The molecular formula is C14H15F3N2O3. The number of fused-ring (bicyclic) bond motifs is 1. The van der Waals surface area contributed by atoms with Gasteiger partial charge in [0.1, 0.15) is 0 Å². The Morgan fingerprint density at radius 3 is 2.68 bits per heavy atom. The largest absolute Gasteiger partial charge is 0.481 e. The van der Waals surface area contributed by atoms with Gasteiger partial charge in [0, 0.05) is 19.2 Å². The van der Waals surface area contributed by atoms with Gasteiger partial charge in [-0.2, -0.15) is 0 Å². The van der Waals surface area contributed by atoms with Crippen LogP contribution in [0.5, 0.6) is 0 Å². The van der Waals surface area contributed by atoms with Gasteiger partial charge in [0.2, 0.25) is 0 Å². The maximum atomic E-state index is 13.9. The number of nitrogens with zero attached hydrogens (tertiary/aromatic N) is 1. The Morgan fingerprint density at radius 2 is 2.05 bits per heavy atom. The molecule has 2 N–H and O–H groups in total. The third kappa shape index (κ3) is 3.15. The van der Waals surface area contributed by atoms with Crippen LogP contribution in [-0.2, 0) is 11.2 Å². The molecule has 0 bridgehead atoms. The minimum absolute atomic E-state index is 0.0129. The number of aryl methyl sites for hydroxylation is 1. The minimum Gasteiger partial charge on any atom is -0.481 e. The molecule has 0 radical (unpaired) electrons. The fraction of sp³-hybridized carbons (Fsp3) is 0.429. The molecule has 2 rings (SSSR count). The van der Waals surface area contributed by atoms with Crippen molar-refractivity contribution in [2.45, 2.75) is 25.3 Å². The summed E-state index contributed by atoms with van der Waals surface area (Å²) in [6, 6.07) is -0.415. The molecule has 1 unspecified atom stereocenters. The lowest BCUT2D eigenvalue weighted by Crippen LogP contribution is -2.40. The summed E-state index contributed by atoms with van der Waals surface area (Å²) in [7, 11) is 1.40. The Hall–Kier alpha value is -2.25. The average Bonchev–Trinajstić information content (AvgIpc) is 2.84. The van der Waals surface area contributed by atoms with E-state index in [4.69, 9.17) is 5.11 Å². The number of halogens is 3. The van der Waals surface area contributed by atoms with Crippen LogP contribution in [-0.4, -0.2) is 35.6 Å². The van der Waals surface area contributed by atoms with Gasteiger partial charge in [-0.3, -0.25) is 4.79 Å². The average molecular weight is 316 g/mol. The standard InChI is InChI=1S/C14H15F3N2O3/c1-19(5-4-10(20)21)14(22)18-9-3-2-7-6-8(15)12(16)13(17)11(7)9/h6,9H,2-5H2,1H3,(H,18,22)(H,20,21). The summed E-state index contributed by atoms with van der Waals surface area (Å²) in [5.41, 5.74) is 0.286. The highest BCUT2D eigenvalue weighted by Gasteiger charge is 2.31. The molecule has 0 aliphatic heterocycles. The Kier molecular flexibility index (Phi) is 4.58. The van der Waals surface area contributed by atoms with E-state index in [0.717, 1.165) is 11.0 Å². The number of carbonyl (C=O) groups excluding carboxylic acids is 1. The first-order chi connectivity index (χ1) is 10.3. The van der Waals surface area contributed by atoms with Gasteiger partial charge >= 0.3 is 12.0 Å². The van der Waals surface area contributed by atoms with Crippen molar-refractivity contribution in [3.8, 4) is 0 Å². The topological polar surface area (TPSA) is 69.6 Å². The molecule has 0 saturated carbocycles. The van der Waals surface area contributed by atoms with Crippen molar-refractivity contribution in [3.63, 3.8) is 0 Å². The van der Waals surface area contributed by atoms with Crippen molar-refractivity contribution >= 4 is 12.0 Å². The number of benzene rings is 1. The zero-order valence-electron chi connectivity index (χ0n) is 11.8. The highest BCUT2D eigenvalue weighted by molar-refractivity contribution is 5.75. The van der Waals surface area contributed by atoms with E-state index >= 15 is 0 Å². The van der Waals surface area contributed by atoms with Crippen molar-refractivity contribution in [3.05, 3.63) is 34.6 Å². The van der Waals surface area contributed by atoms with Crippen LogP contribution in [0.4, 0.5) is 18.0 Å². The third-order valence-corrected chi connectivity index (χ3v) is 3.64. The van der Waals surface area contributed by atoms with E-state index in [1.165, 1.54) is 7.05 Å². The smallest absolute Gasteiger partial charge is 0.317 e. The highest BCUT2D eigenvalue weighted by atomic mass is 19.2. The van der Waals surface area contributed by atoms with E-state index in [9.17, 15) is 22.8 Å². The molecule has 0 heterocycles. The van der Waals surface area contributed by atoms with Gasteiger partial charge in [-0.05, 0) is 24.5 Å². The van der Waals surface area contributed by atoms with E-state index in [1.807, 2.05) is 0 Å². The predicted octanol–water partition coefficient (Wildman–Crippen LogP) is 2.21. The number of carbonyl (C=O) groups is 2. The molecule has 0 saturated heterocycles. The van der Waals surface area contributed by atoms with Crippen LogP contribution in [0, 0.1) is 17.5 Å². The Balaban J connectivity index is 2.10. The first kappa shape index (κ1) is 16.1. The second kappa shape index (κ2) is 6.25. The van der Waals surface area contributed by atoms with Gasteiger partial charge in [0.15, 0.2) is 17.5 Å². The second-order valence-corrected chi connectivity index (χ2v) is 5.17. The van der Waals surface area contributed by atoms with E-state index in [0.29, 0.717) is 18.4 Å². The second-order valence-electron chi connectivity index (χ2n) is 5.17. The van der Waals surface area contributed by atoms with Crippen LogP contribution in [0.3, 0.4) is 0 Å². The van der Waals surface area contributed by atoms with Crippen molar-refractivity contribution in [1.29, 1.82) is 0 Å². The zero-order valence-corrected chi connectivity index (χ0v) is 11.8. The zero-order chi connectivity index (χ0) is 16.4. The maximum Gasteiger partial charge on any atom is 0.317 e. The predicted molar refractivity (Wildman–Crippen MR) is 70.8 cm³/mol. The monoisotopic (exact) mass is 316 g/mol. The molecule has 1 aliphatic rings. The van der Waals surface area contributed by atoms with Crippen LogP contribution in [0.25, 0.3) is 0 Å². The number of aliphatic carboxylic acids is 1. The number of amides is 2. The number of hydrogen-bond acceptors (Lipinski definition) is 2. The van der Waals surface area contributed by atoms with Gasteiger partial charge in [-0.15, -0.1) is 0 Å². The number of carboxylic acids is 1. The van der Waals surface area contributed by atoms with Crippen LogP contribution in [0.15, 0.2) is 6.07 Å². The number of urea groups is 1.